The maximum Gasteiger partial charge on any atom is 0.405 e. The molecule has 3 rings (SSSR count). The van der Waals surface area contributed by atoms with Crippen LogP contribution in [-0.4, -0.2) is 43.6 Å². The molecule has 0 bridgehead atoms. The quantitative estimate of drug-likeness (QED) is 0.406. The van der Waals surface area contributed by atoms with Crippen molar-refractivity contribution in [2.45, 2.75) is 23.4 Å². The largest absolute Gasteiger partial charge is 0.405 e. The van der Waals surface area contributed by atoms with Gasteiger partial charge in [0.2, 0.25) is 5.91 Å². The van der Waals surface area contributed by atoms with E-state index < -0.39 is 23.9 Å². The smallest absolute Gasteiger partial charge is 0.346 e. The van der Waals surface area contributed by atoms with Crippen LogP contribution in [0.15, 0.2) is 41.8 Å². The molecule has 142 valence electrons. The van der Waals surface area contributed by atoms with Gasteiger partial charge in [0, 0.05) is 0 Å². The van der Waals surface area contributed by atoms with Crippen LogP contribution in [0.4, 0.5) is 17.6 Å². The number of thioether (sulfide) groups is 1. The highest BCUT2D eigenvalue weighted by Crippen LogP contribution is 2.29. The van der Waals surface area contributed by atoms with Crippen LogP contribution in [0.25, 0.3) is 16.7 Å². The molecule has 1 amide bonds. The molecule has 0 spiro atoms. The van der Waals surface area contributed by atoms with Crippen LogP contribution in [0, 0.1) is 5.82 Å². The third-order valence-electron chi connectivity index (χ3n) is 3.52. The highest BCUT2D eigenvalue weighted by Gasteiger charge is 2.29. The minimum absolute atomic E-state index is 0.389. The lowest BCUT2D eigenvalue weighted by molar-refractivity contribution is -0.137. The predicted molar refractivity (Wildman–Crippen MR) is 91.0 cm³/mol. The van der Waals surface area contributed by atoms with Crippen LogP contribution >= 0.6 is 11.8 Å². The fraction of sp³-hybridized carbons (Fsp3) is 0.250. The number of nitrogens with one attached hydrogen (secondary N) is 1. The summed E-state index contributed by atoms with van der Waals surface area (Å²) < 4.78 is 51.3. The van der Waals surface area contributed by atoms with Crippen molar-refractivity contribution in [3.05, 3.63) is 42.6 Å². The molecule has 2 aromatic heterocycles. The lowest BCUT2D eigenvalue weighted by Gasteiger charge is -2.13. The zero-order valence-corrected chi connectivity index (χ0v) is 14.7. The number of nitrogens with zero attached hydrogens (tertiary/aromatic N) is 4. The van der Waals surface area contributed by atoms with E-state index in [1.165, 1.54) is 48.4 Å². The third kappa shape index (κ3) is 4.54. The second-order valence-electron chi connectivity index (χ2n) is 5.54. The van der Waals surface area contributed by atoms with Gasteiger partial charge in [-0.15, -0.1) is 0 Å². The number of amides is 1. The zero-order valence-electron chi connectivity index (χ0n) is 13.9. The first-order valence-electron chi connectivity index (χ1n) is 7.70. The van der Waals surface area contributed by atoms with E-state index in [0.29, 0.717) is 21.7 Å². The van der Waals surface area contributed by atoms with E-state index in [4.69, 9.17) is 0 Å². The molecule has 11 heteroatoms. The van der Waals surface area contributed by atoms with E-state index in [2.05, 4.69) is 15.1 Å². The minimum Gasteiger partial charge on any atom is -0.346 e. The SMILES string of the molecule is CC(Sc1ncnc2c1cnn2-c1ccc(F)cc1)C(=O)NCC(F)(F)F. The number of halogens is 4. The highest BCUT2D eigenvalue weighted by atomic mass is 32.2. The Kier molecular flexibility index (Phi) is 5.31. The van der Waals surface area contributed by atoms with Gasteiger partial charge >= 0.3 is 6.18 Å². The van der Waals surface area contributed by atoms with Crippen molar-refractivity contribution in [1.82, 2.24) is 25.1 Å². The first kappa shape index (κ1) is 19.1. The molecule has 6 nitrogen and oxygen atoms in total. The number of aromatic nitrogens is 4. The van der Waals surface area contributed by atoms with Gasteiger partial charge in [-0.3, -0.25) is 4.79 Å². The highest BCUT2D eigenvalue weighted by molar-refractivity contribution is 8.00. The summed E-state index contributed by atoms with van der Waals surface area (Å²) in [5.74, 6) is -1.14. The number of hydrogen-bond donors (Lipinski definition) is 1. The number of hydrogen-bond acceptors (Lipinski definition) is 5. The summed E-state index contributed by atoms with van der Waals surface area (Å²) in [7, 11) is 0. The molecule has 1 aromatic carbocycles. The van der Waals surface area contributed by atoms with Gasteiger partial charge in [-0.05, 0) is 31.2 Å². The molecule has 0 saturated heterocycles. The molecule has 1 N–H and O–H groups in total. The molecule has 1 atom stereocenters. The van der Waals surface area contributed by atoms with Crippen molar-refractivity contribution in [3.63, 3.8) is 0 Å². The number of carbonyl (C=O) groups is 1. The molecule has 0 aliphatic rings. The van der Waals surface area contributed by atoms with Crippen LogP contribution in [0.1, 0.15) is 6.92 Å². The molecule has 3 aromatic rings. The summed E-state index contributed by atoms with van der Waals surface area (Å²) in [6.07, 6.45) is -1.72. The van der Waals surface area contributed by atoms with Gasteiger partial charge in [-0.2, -0.15) is 18.3 Å². The molecule has 27 heavy (non-hydrogen) atoms. The standard InChI is InChI=1S/C16H13F4N5OS/c1-9(14(26)21-7-16(18,19)20)27-15-12-6-24-25(13(12)22-8-23-15)11-4-2-10(17)3-5-11/h2-6,8-9H,7H2,1H3,(H,21,26). The molecule has 0 radical (unpaired) electrons. The van der Waals surface area contributed by atoms with Gasteiger partial charge < -0.3 is 5.32 Å². The van der Waals surface area contributed by atoms with Gasteiger partial charge in [-0.1, -0.05) is 11.8 Å². The average molecular weight is 399 g/mol. The topological polar surface area (TPSA) is 72.7 Å². The summed E-state index contributed by atoms with van der Waals surface area (Å²) in [6.45, 7) is 0.0904. The lowest BCUT2D eigenvalue weighted by atomic mass is 10.3. The Hall–Kier alpha value is -2.69. The van der Waals surface area contributed by atoms with E-state index in [-0.39, 0.29) is 5.82 Å². The first-order valence-corrected chi connectivity index (χ1v) is 8.58. The van der Waals surface area contributed by atoms with Crippen molar-refractivity contribution < 1.29 is 22.4 Å². The summed E-state index contributed by atoms with van der Waals surface area (Å²) in [5, 5.41) is 6.18. The molecule has 0 aliphatic heterocycles. The van der Waals surface area contributed by atoms with Gasteiger partial charge in [0.05, 0.1) is 22.5 Å². The van der Waals surface area contributed by atoms with Crippen molar-refractivity contribution >= 4 is 28.7 Å². The Morgan fingerprint density at radius 1 is 1.26 bits per heavy atom. The van der Waals surface area contributed by atoms with Gasteiger partial charge in [-0.25, -0.2) is 19.0 Å². The van der Waals surface area contributed by atoms with E-state index in [0.717, 1.165) is 11.8 Å². The van der Waals surface area contributed by atoms with Crippen LogP contribution in [0.2, 0.25) is 0 Å². The van der Waals surface area contributed by atoms with E-state index >= 15 is 0 Å². The Balaban J connectivity index is 1.82. The Morgan fingerprint density at radius 3 is 2.63 bits per heavy atom. The van der Waals surface area contributed by atoms with Crippen LogP contribution in [-0.2, 0) is 4.79 Å². The summed E-state index contributed by atoms with van der Waals surface area (Å²) >= 11 is 0.999. The second kappa shape index (κ2) is 7.51. The molecular formula is C16H13F4N5OS. The maximum absolute atomic E-state index is 13.1. The fourth-order valence-corrected chi connectivity index (χ4v) is 3.14. The molecule has 2 heterocycles. The van der Waals surface area contributed by atoms with E-state index in [9.17, 15) is 22.4 Å². The van der Waals surface area contributed by atoms with E-state index in [1.54, 1.807) is 0 Å². The summed E-state index contributed by atoms with van der Waals surface area (Å²) in [4.78, 5) is 20.1. The Morgan fingerprint density at radius 2 is 1.96 bits per heavy atom. The number of benzene rings is 1. The van der Waals surface area contributed by atoms with Crippen molar-refractivity contribution in [2.24, 2.45) is 0 Å². The molecule has 0 aliphatic carbocycles. The molecule has 0 fully saturated rings. The Labute approximate surface area is 155 Å². The molecular weight excluding hydrogens is 386 g/mol. The summed E-state index contributed by atoms with van der Waals surface area (Å²) in [5.41, 5.74) is 1.01. The number of fused-ring (bicyclic) bond motifs is 1. The van der Waals surface area contributed by atoms with Crippen molar-refractivity contribution in [3.8, 4) is 5.69 Å². The zero-order chi connectivity index (χ0) is 19.6. The van der Waals surface area contributed by atoms with Crippen LogP contribution in [0.5, 0.6) is 0 Å². The van der Waals surface area contributed by atoms with Gasteiger partial charge in [0.15, 0.2) is 5.65 Å². The van der Waals surface area contributed by atoms with Gasteiger partial charge in [0.1, 0.15) is 23.7 Å². The second-order valence-corrected chi connectivity index (χ2v) is 6.87. The van der Waals surface area contributed by atoms with Crippen molar-refractivity contribution in [2.75, 3.05) is 6.54 Å². The Bertz CT molecular complexity index is 958. The first-order chi connectivity index (χ1) is 12.7. The minimum atomic E-state index is -4.47. The maximum atomic E-state index is 13.1. The number of carbonyl (C=O) groups excluding carboxylic acids is 1. The van der Waals surface area contributed by atoms with Crippen molar-refractivity contribution in [1.29, 1.82) is 0 Å². The van der Waals surface area contributed by atoms with Crippen LogP contribution in [0.3, 0.4) is 0 Å². The van der Waals surface area contributed by atoms with Gasteiger partial charge in [0.25, 0.3) is 0 Å². The van der Waals surface area contributed by atoms with E-state index in [1.807, 2.05) is 5.32 Å². The lowest BCUT2D eigenvalue weighted by Crippen LogP contribution is -2.38. The third-order valence-corrected chi connectivity index (χ3v) is 4.64. The normalized spacial score (nSPS) is 12.9. The average Bonchev–Trinajstić information content (AvgIpc) is 3.05. The monoisotopic (exact) mass is 399 g/mol. The number of alkyl halides is 3. The fourth-order valence-electron chi connectivity index (χ4n) is 2.24. The van der Waals surface area contributed by atoms with Crippen LogP contribution < -0.4 is 5.32 Å². The molecule has 1 unspecified atom stereocenters. The number of rotatable bonds is 5. The predicted octanol–water partition coefficient (Wildman–Crippen LogP) is 3.11. The molecule has 0 saturated carbocycles. The summed E-state index contributed by atoms with van der Waals surface area (Å²) in [6, 6.07) is 5.63.